The lowest BCUT2D eigenvalue weighted by Gasteiger charge is -2.10. The third kappa shape index (κ3) is 4.53. The maximum atomic E-state index is 14.5. The second kappa shape index (κ2) is 8.80. The first-order valence-electron chi connectivity index (χ1n) is 9.88. The number of aromatic nitrogens is 2. The zero-order chi connectivity index (χ0) is 23.6. The van der Waals surface area contributed by atoms with Crippen LogP contribution in [0.1, 0.15) is 12.5 Å². The molecule has 33 heavy (non-hydrogen) atoms. The first-order chi connectivity index (χ1) is 15.7. The second-order valence-corrected chi connectivity index (χ2v) is 10.4. The zero-order valence-corrected chi connectivity index (χ0v) is 19.1. The molecular formula is C23H19FN2O5S2. The molecule has 4 aromatic rings. The normalized spacial score (nSPS) is 11.9. The van der Waals surface area contributed by atoms with Gasteiger partial charge in [-0.25, -0.2) is 16.8 Å². The minimum absolute atomic E-state index is 0.0375. The van der Waals surface area contributed by atoms with Crippen molar-refractivity contribution >= 4 is 20.1 Å². The lowest BCUT2D eigenvalue weighted by Crippen LogP contribution is -2.14. The first-order valence-corrected chi connectivity index (χ1v) is 12.7. The molecule has 0 aliphatic heterocycles. The fraction of sp³-hybridized carbons (Fsp3) is 0.0870. The number of benzene rings is 2. The Morgan fingerprint density at radius 1 is 0.939 bits per heavy atom. The maximum Gasteiger partial charge on any atom is 0.339 e. The van der Waals surface area contributed by atoms with Gasteiger partial charge in [-0.1, -0.05) is 31.2 Å². The van der Waals surface area contributed by atoms with E-state index in [-0.39, 0.29) is 26.8 Å². The first kappa shape index (κ1) is 22.7. The Kier molecular flexibility index (Phi) is 6.05. The van der Waals surface area contributed by atoms with Gasteiger partial charge in [-0.2, -0.15) is 8.42 Å². The molecule has 0 fully saturated rings. The molecule has 0 saturated heterocycles. The average molecular weight is 487 g/mol. The Morgan fingerprint density at radius 3 is 2.30 bits per heavy atom. The number of hydrogen-bond acceptors (Lipinski definition) is 6. The van der Waals surface area contributed by atoms with Crippen LogP contribution in [-0.4, -0.2) is 25.8 Å². The van der Waals surface area contributed by atoms with Crippen molar-refractivity contribution in [2.75, 3.05) is 0 Å². The molecule has 7 nitrogen and oxygen atoms in total. The van der Waals surface area contributed by atoms with E-state index in [2.05, 4.69) is 4.98 Å². The highest BCUT2D eigenvalue weighted by molar-refractivity contribution is 7.90. The number of hydrogen-bond donors (Lipinski definition) is 0. The Morgan fingerprint density at radius 2 is 1.67 bits per heavy atom. The maximum absolute atomic E-state index is 14.5. The topological polar surface area (TPSA) is 95.3 Å². The molecular weight excluding hydrogens is 467 g/mol. The van der Waals surface area contributed by atoms with E-state index in [1.165, 1.54) is 54.7 Å². The molecule has 0 bridgehead atoms. The van der Waals surface area contributed by atoms with E-state index in [9.17, 15) is 21.2 Å². The van der Waals surface area contributed by atoms with Crippen molar-refractivity contribution in [2.24, 2.45) is 0 Å². The second-order valence-electron chi connectivity index (χ2n) is 7.07. The SMILES string of the molecule is CCc1ccc(S(=O)(=O)Oc2cc(-c3ccccc3F)n(S(=O)(=O)c3cccnc3)c2)cc1. The summed E-state index contributed by atoms with van der Waals surface area (Å²) < 4.78 is 72.6. The molecule has 0 saturated carbocycles. The predicted molar refractivity (Wildman–Crippen MR) is 120 cm³/mol. The van der Waals surface area contributed by atoms with E-state index >= 15 is 0 Å². The molecule has 170 valence electrons. The van der Waals surface area contributed by atoms with E-state index in [1.54, 1.807) is 18.2 Å². The van der Waals surface area contributed by atoms with Gasteiger partial charge in [-0.3, -0.25) is 4.98 Å². The largest absolute Gasteiger partial charge is 0.377 e. The highest BCUT2D eigenvalue weighted by Crippen LogP contribution is 2.33. The van der Waals surface area contributed by atoms with Crippen LogP contribution in [0.3, 0.4) is 0 Å². The van der Waals surface area contributed by atoms with Crippen LogP contribution in [0.2, 0.25) is 0 Å². The Bertz CT molecular complexity index is 1500. The van der Waals surface area contributed by atoms with Crippen LogP contribution in [0.15, 0.2) is 95.1 Å². The van der Waals surface area contributed by atoms with E-state index in [4.69, 9.17) is 4.18 Å². The molecule has 0 spiro atoms. The van der Waals surface area contributed by atoms with Gasteiger partial charge in [-0.05, 0) is 48.4 Å². The van der Waals surface area contributed by atoms with Crippen molar-refractivity contribution in [3.05, 3.63) is 96.7 Å². The average Bonchev–Trinajstić information content (AvgIpc) is 3.23. The quantitative estimate of drug-likeness (QED) is 0.362. The molecule has 0 unspecified atom stereocenters. The summed E-state index contributed by atoms with van der Waals surface area (Å²) in [5.74, 6) is -0.955. The molecule has 10 heteroatoms. The van der Waals surface area contributed by atoms with E-state index in [0.717, 1.165) is 28.4 Å². The monoisotopic (exact) mass is 486 g/mol. The van der Waals surface area contributed by atoms with Gasteiger partial charge in [0.25, 0.3) is 10.0 Å². The Labute approximate surface area is 191 Å². The summed E-state index contributed by atoms with van der Waals surface area (Å²) >= 11 is 0. The molecule has 0 amide bonds. The van der Waals surface area contributed by atoms with Gasteiger partial charge in [0.15, 0.2) is 5.75 Å². The highest BCUT2D eigenvalue weighted by Gasteiger charge is 2.26. The predicted octanol–water partition coefficient (Wildman–Crippen LogP) is 4.26. The van der Waals surface area contributed by atoms with Crippen LogP contribution in [0.4, 0.5) is 4.39 Å². The molecule has 2 aromatic carbocycles. The van der Waals surface area contributed by atoms with Gasteiger partial charge in [0.2, 0.25) is 0 Å². The number of halogens is 1. The van der Waals surface area contributed by atoms with Gasteiger partial charge < -0.3 is 4.18 Å². The van der Waals surface area contributed by atoms with Gasteiger partial charge >= 0.3 is 10.1 Å². The van der Waals surface area contributed by atoms with Gasteiger partial charge in [0, 0.05) is 24.0 Å². The van der Waals surface area contributed by atoms with Crippen molar-refractivity contribution in [2.45, 2.75) is 23.1 Å². The summed E-state index contributed by atoms with van der Waals surface area (Å²) in [5, 5.41) is 0. The molecule has 0 aliphatic rings. The van der Waals surface area contributed by atoms with Crippen LogP contribution in [0.25, 0.3) is 11.3 Å². The molecule has 0 aliphatic carbocycles. The van der Waals surface area contributed by atoms with Crippen molar-refractivity contribution < 1.29 is 25.4 Å². The summed E-state index contributed by atoms with van der Waals surface area (Å²) in [4.78, 5) is 3.58. The number of nitrogens with zero attached hydrogens (tertiary/aromatic N) is 2. The number of aryl methyl sites for hydroxylation is 1. The van der Waals surface area contributed by atoms with Gasteiger partial charge in [0.05, 0.1) is 11.9 Å². The lowest BCUT2D eigenvalue weighted by atomic mass is 10.1. The molecule has 0 N–H and O–H groups in total. The Hall–Kier alpha value is -3.50. The number of rotatable bonds is 7. The molecule has 0 atom stereocenters. The van der Waals surface area contributed by atoms with Gasteiger partial charge in [-0.15, -0.1) is 0 Å². The summed E-state index contributed by atoms with van der Waals surface area (Å²) in [7, 11) is -8.49. The van der Waals surface area contributed by atoms with E-state index < -0.39 is 26.0 Å². The summed E-state index contributed by atoms with van der Waals surface area (Å²) in [6, 6.07) is 15.7. The van der Waals surface area contributed by atoms with Crippen molar-refractivity contribution in [1.82, 2.24) is 8.96 Å². The summed E-state index contributed by atoms with van der Waals surface area (Å²) in [6.45, 7) is 1.94. The van der Waals surface area contributed by atoms with E-state index in [1.807, 2.05) is 6.92 Å². The summed E-state index contributed by atoms with van der Waals surface area (Å²) in [6.07, 6.45) is 4.30. The highest BCUT2D eigenvalue weighted by atomic mass is 32.2. The third-order valence-electron chi connectivity index (χ3n) is 4.93. The lowest BCUT2D eigenvalue weighted by molar-refractivity contribution is 0.486. The van der Waals surface area contributed by atoms with Crippen molar-refractivity contribution in [3.8, 4) is 17.0 Å². The van der Waals surface area contributed by atoms with Crippen molar-refractivity contribution in [3.63, 3.8) is 0 Å². The molecule has 2 aromatic heterocycles. The fourth-order valence-corrected chi connectivity index (χ4v) is 5.44. The van der Waals surface area contributed by atoms with Gasteiger partial charge in [0.1, 0.15) is 15.6 Å². The number of pyridine rings is 1. The van der Waals surface area contributed by atoms with Crippen LogP contribution < -0.4 is 4.18 Å². The molecule has 0 radical (unpaired) electrons. The third-order valence-corrected chi connectivity index (χ3v) is 7.85. The van der Waals surface area contributed by atoms with Crippen molar-refractivity contribution in [1.29, 1.82) is 0 Å². The van der Waals surface area contributed by atoms with Crippen LogP contribution in [0, 0.1) is 5.82 Å². The standard InChI is InChI=1S/C23H19FN2O5S2/c1-2-17-9-11-19(12-10-17)33(29,30)31-18-14-23(21-7-3-4-8-22(21)24)26(16-18)32(27,28)20-6-5-13-25-15-20/h3-16H,2H2,1H3. The molecule has 2 heterocycles. The zero-order valence-electron chi connectivity index (χ0n) is 17.4. The van der Waals surface area contributed by atoms with Crippen LogP contribution in [-0.2, 0) is 26.6 Å². The smallest absolute Gasteiger partial charge is 0.339 e. The van der Waals surface area contributed by atoms with Crippen LogP contribution in [0.5, 0.6) is 5.75 Å². The fourth-order valence-electron chi connectivity index (χ4n) is 3.21. The Balaban J connectivity index is 1.82. The molecule has 4 rings (SSSR count). The summed E-state index contributed by atoms with van der Waals surface area (Å²) in [5.41, 5.74) is 0.817. The van der Waals surface area contributed by atoms with Crippen LogP contribution >= 0.6 is 0 Å². The minimum Gasteiger partial charge on any atom is -0.377 e. The van der Waals surface area contributed by atoms with E-state index in [0.29, 0.717) is 0 Å². The minimum atomic E-state index is -4.26.